The van der Waals surface area contributed by atoms with E-state index in [4.69, 9.17) is 19.3 Å². The monoisotopic (exact) mass is 234 g/mol. The van der Waals surface area contributed by atoms with Crippen LogP contribution in [0.25, 0.3) is 0 Å². The quantitative estimate of drug-likeness (QED) is 0.242. The molecule has 6 heteroatoms. The second kappa shape index (κ2) is 12.0. The maximum absolute atomic E-state index is 10.9. The van der Waals surface area contributed by atoms with Crippen LogP contribution < -0.4 is 0 Å². The van der Waals surface area contributed by atoms with Crippen LogP contribution in [-0.4, -0.2) is 57.8 Å². The molecule has 0 aliphatic carbocycles. The van der Waals surface area contributed by atoms with Crippen LogP contribution >= 0.6 is 0 Å². The van der Waals surface area contributed by atoms with Gasteiger partial charge in [0.2, 0.25) is 0 Å². The molecule has 0 saturated heterocycles. The van der Waals surface area contributed by atoms with Gasteiger partial charge in [-0.15, -0.1) is 0 Å². The summed E-state index contributed by atoms with van der Waals surface area (Å²) in [7, 11) is 1.44. The Morgan fingerprint density at radius 2 is 1.75 bits per heavy atom. The standard InChI is InChI=1S/C10H18O6/c1-13-4-2-10(12)16-9-8-15-7-6-14-5-3-11/h2,4,11H,3,5-9H2,1H3. The van der Waals surface area contributed by atoms with Crippen LogP contribution in [0.5, 0.6) is 0 Å². The Hall–Kier alpha value is -1.11. The lowest BCUT2D eigenvalue weighted by atomic mass is 10.6. The Kier molecular flexibility index (Phi) is 11.1. The molecule has 0 spiro atoms. The molecule has 0 aliphatic rings. The molecule has 0 unspecified atom stereocenters. The van der Waals surface area contributed by atoms with Crippen molar-refractivity contribution < 1.29 is 28.8 Å². The average Bonchev–Trinajstić information content (AvgIpc) is 2.30. The van der Waals surface area contributed by atoms with Crippen molar-refractivity contribution in [2.45, 2.75) is 0 Å². The van der Waals surface area contributed by atoms with E-state index in [-0.39, 0.29) is 13.2 Å². The van der Waals surface area contributed by atoms with Crippen molar-refractivity contribution in [1.82, 2.24) is 0 Å². The van der Waals surface area contributed by atoms with E-state index in [1.165, 1.54) is 19.4 Å². The van der Waals surface area contributed by atoms with Crippen LogP contribution in [-0.2, 0) is 23.7 Å². The van der Waals surface area contributed by atoms with Gasteiger partial charge in [-0.25, -0.2) is 4.79 Å². The third-order valence-corrected chi connectivity index (χ3v) is 1.42. The number of carbonyl (C=O) groups excluding carboxylic acids is 1. The molecule has 0 fully saturated rings. The third kappa shape index (κ3) is 11.0. The molecule has 0 radical (unpaired) electrons. The molecular weight excluding hydrogens is 216 g/mol. The zero-order valence-corrected chi connectivity index (χ0v) is 9.39. The summed E-state index contributed by atoms with van der Waals surface area (Å²) in [5.41, 5.74) is 0. The second-order valence-electron chi connectivity index (χ2n) is 2.65. The zero-order valence-electron chi connectivity index (χ0n) is 9.39. The van der Waals surface area contributed by atoms with Gasteiger partial charge in [-0.2, -0.15) is 0 Å². The van der Waals surface area contributed by atoms with Crippen LogP contribution in [0.15, 0.2) is 12.3 Å². The maximum atomic E-state index is 10.9. The van der Waals surface area contributed by atoms with Gasteiger partial charge in [-0.3, -0.25) is 0 Å². The highest BCUT2D eigenvalue weighted by atomic mass is 16.6. The SMILES string of the molecule is COC=CC(=O)OCCOCCOCCO. The number of ether oxygens (including phenoxy) is 4. The highest BCUT2D eigenvalue weighted by Gasteiger charge is 1.96. The first-order chi connectivity index (χ1) is 7.81. The van der Waals surface area contributed by atoms with E-state index in [0.717, 1.165) is 0 Å². The molecule has 0 aromatic heterocycles. The first kappa shape index (κ1) is 14.9. The lowest BCUT2D eigenvalue weighted by Gasteiger charge is -2.04. The number of hydrogen-bond donors (Lipinski definition) is 1. The maximum Gasteiger partial charge on any atom is 0.333 e. The van der Waals surface area contributed by atoms with Crippen molar-refractivity contribution in [2.24, 2.45) is 0 Å². The zero-order chi connectivity index (χ0) is 12.1. The van der Waals surface area contributed by atoms with Gasteiger partial charge in [0.05, 0.1) is 52.5 Å². The molecule has 0 amide bonds. The lowest BCUT2D eigenvalue weighted by Crippen LogP contribution is -2.12. The topological polar surface area (TPSA) is 74.2 Å². The summed E-state index contributed by atoms with van der Waals surface area (Å²) < 4.78 is 19.4. The molecule has 0 saturated carbocycles. The van der Waals surface area contributed by atoms with E-state index in [9.17, 15) is 4.79 Å². The molecule has 0 atom stereocenters. The van der Waals surface area contributed by atoms with Crippen LogP contribution in [0.1, 0.15) is 0 Å². The number of carbonyl (C=O) groups is 1. The number of rotatable bonds is 10. The summed E-state index contributed by atoms with van der Waals surface area (Å²) in [5, 5.41) is 8.40. The molecule has 0 heterocycles. The summed E-state index contributed by atoms with van der Waals surface area (Å²) in [6, 6.07) is 0. The predicted octanol–water partition coefficient (Wildman–Crippen LogP) is -0.285. The highest BCUT2D eigenvalue weighted by molar-refractivity contribution is 5.81. The number of hydrogen-bond acceptors (Lipinski definition) is 6. The first-order valence-electron chi connectivity index (χ1n) is 4.93. The lowest BCUT2D eigenvalue weighted by molar-refractivity contribution is -0.139. The fraction of sp³-hybridized carbons (Fsp3) is 0.700. The van der Waals surface area contributed by atoms with Gasteiger partial charge in [0.15, 0.2) is 0 Å². The summed E-state index contributed by atoms with van der Waals surface area (Å²) in [5.74, 6) is -0.470. The Labute approximate surface area is 94.7 Å². The minimum atomic E-state index is -0.470. The van der Waals surface area contributed by atoms with E-state index in [1.807, 2.05) is 0 Å². The van der Waals surface area contributed by atoms with Gasteiger partial charge in [0.1, 0.15) is 6.61 Å². The van der Waals surface area contributed by atoms with E-state index >= 15 is 0 Å². The van der Waals surface area contributed by atoms with Crippen molar-refractivity contribution in [1.29, 1.82) is 0 Å². The Morgan fingerprint density at radius 1 is 1.12 bits per heavy atom. The molecule has 94 valence electrons. The summed E-state index contributed by atoms with van der Waals surface area (Å²) in [4.78, 5) is 10.9. The fourth-order valence-corrected chi connectivity index (χ4v) is 0.759. The van der Waals surface area contributed by atoms with Crippen molar-refractivity contribution in [3.63, 3.8) is 0 Å². The van der Waals surface area contributed by atoms with Crippen molar-refractivity contribution in [2.75, 3.05) is 46.8 Å². The number of aliphatic hydroxyl groups excluding tert-OH is 1. The molecule has 16 heavy (non-hydrogen) atoms. The molecule has 0 aliphatic heterocycles. The van der Waals surface area contributed by atoms with Crippen molar-refractivity contribution in [3.8, 4) is 0 Å². The van der Waals surface area contributed by atoms with Crippen LogP contribution in [0.2, 0.25) is 0 Å². The largest absolute Gasteiger partial charge is 0.504 e. The average molecular weight is 234 g/mol. The number of aliphatic hydroxyl groups is 1. The highest BCUT2D eigenvalue weighted by Crippen LogP contribution is 1.84. The molecule has 0 aromatic rings. The van der Waals surface area contributed by atoms with Gasteiger partial charge in [-0.1, -0.05) is 0 Å². The van der Waals surface area contributed by atoms with Gasteiger partial charge >= 0.3 is 5.97 Å². The molecule has 1 N–H and O–H groups in total. The third-order valence-electron chi connectivity index (χ3n) is 1.42. The second-order valence-corrected chi connectivity index (χ2v) is 2.65. The smallest absolute Gasteiger partial charge is 0.333 e. The van der Waals surface area contributed by atoms with Crippen LogP contribution in [0.3, 0.4) is 0 Å². The fourth-order valence-electron chi connectivity index (χ4n) is 0.759. The Bertz CT molecular complexity index is 192. The molecular formula is C10H18O6. The van der Waals surface area contributed by atoms with E-state index in [2.05, 4.69) is 4.74 Å². The van der Waals surface area contributed by atoms with Crippen LogP contribution in [0, 0.1) is 0 Å². The molecule has 0 aromatic carbocycles. The summed E-state index contributed by atoms with van der Waals surface area (Å²) in [6.45, 7) is 1.63. The first-order valence-corrected chi connectivity index (χ1v) is 4.93. The Morgan fingerprint density at radius 3 is 2.38 bits per heavy atom. The van der Waals surface area contributed by atoms with Crippen molar-refractivity contribution >= 4 is 5.97 Å². The minimum Gasteiger partial charge on any atom is -0.504 e. The normalized spacial score (nSPS) is 10.6. The van der Waals surface area contributed by atoms with Gasteiger partial charge in [0.25, 0.3) is 0 Å². The summed E-state index contributed by atoms with van der Waals surface area (Å²) in [6.07, 6.45) is 2.43. The number of esters is 1. The molecule has 6 nitrogen and oxygen atoms in total. The predicted molar refractivity (Wildman–Crippen MR) is 55.8 cm³/mol. The van der Waals surface area contributed by atoms with Gasteiger partial charge < -0.3 is 24.1 Å². The van der Waals surface area contributed by atoms with E-state index in [1.54, 1.807) is 0 Å². The number of methoxy groups -OCH3 is 1. The van der Waals surface area contributed by atoms with Crippen molar-refractivity contribution in [3.05, 3.63) is 12.3 Å². The van der Waals surface area contributed by atoms with E-state index < -0.39 is 5.97 Å². The summed E-state index contributed by atoms with van der Waals surface area (Å²) >= 11 is 0. The van der Waals surface area contributed by atoms with Gasteiger partial charge in [0, 0.05) is 0 Å². The van der Waals surface area contributed by atoms with Crippen LogP contribution in [0.4, 0.5) is 0 Å². The molecule has 0 bridgehead atoms. The minimum absolute atomic E-state index is 0.00342. The van der Waals surface area contributed by atoms with Gasteiger partial charge in [-0.05, 0) is 0 Å². The molecule has 0 rings (SSSR count). The Balaban J connectivity index is 3.14. The van der Waals surface area contributed by atoms with E-state index in [0.29, 0.717) is 26.4 Å².